The molecule has 2 heterocycles. The Bertz CT molecular complexity index is 1130. The van der Waals surface area contributed by atoms with Gasteiger partial charge in [0.1, 0.15) is 11.5 Å². The summed E-state index contributed by atoms with van der Waals surface area (Å²) in [6, 6.07) is 9.37. The van der Waals surface area contributed by atoms with E-state index in [0.717, 1.165) is 29.5 Å². The normalized spacial score (nSPS) is 14.7. The molecule has 9 heteroatoms. The van der Waals surface area contributed by atoms with Gasteiger partial charge in [-0.2, -0.15) is 0 Å². The molecule has 8 nitrogen and oxygen atoms in total. The summed E-state index contributed by atoms with van der Waals surface area (Å²) < 4.78 is 5.31. The second kappa shape index (κ2) is 9.13. The molecule has 0 spiro atoms. The van der Waals surface area contributed by atoms with Crippen LogP contribution in [0.25, 0.3) is 5.69 Å². The molecule has 0 saturated heterocycles. The van der Waals surface area contributed by atoms with E-state index in [4.69, 9.17) is 0 Å². The highest BCUT2D eigenvalue weighted by Gasteiger charge is 2.23. The molecule has 1 saturated carbocycles. The topological polar surface area (TPSA) is 86.7 Å². The number of nitrogens with one attached hydrogen (secondary N) is 1. The van der Waals surface area contributed by atoms with Crippen LogP contribution in [0.3, 0.4) is 0 Å². The van der Waals surface area contributed by atoms with Crippen molar-refractivity contribution in [2.45, 2.75) is 50.1 Å². The minimum Gasteiger partial charge on any atom is -0.319 e. The van der Waals surface area contributed by atoms with Gasteiger partial charge in [0.2, 0.25) is 5.91 Å². The molecule has 0 unspecified atom stereocenters. The number of nitrogens with zero attached hydrogens (tertiary/aromatic N) is 5. The van der Waals surface area contributed by atoms with E-state index in [1.165, 1.54) is 31.0 Å². The molecular weight excluding hydrogens is 412 g/mol. The molecule has 0 atom stereocenters. The lowest BCUT2D eigenvalue weighted by Crippen LogP contribution is -2.23. The van der Waals surface area contributed by atoms with Crippen LogP contribution in [0.1, 0.15) is 49.5 Å². The van der Waals surface area contributed by atoms with Crippen molar-refractivity contribution in [2.75, 3.05) is 11.1 Å². The Balaban J connectivity index is 1.44. The first-order chi connectivity index (χ1) is 15.0. The number of hydrogen-bond donors (Lipinski definition) is 1. The maximum Gasteiger partial charge on any atom is 0.295 e. The molecule has 2 aromatic heterocycles. The predicted octanol–water partition coefficient (Wildman–Crippen LogP) is 3.39. The molecule has 4 rings (SSSR count). The second-order valence-corrected chi connectivity index (χ2v) is 8.95. The molecule has 3 aromatic rings. The Labute approximate surface area is 185 Å². The van der Waals surface area contributed by atoms with Gasteiger partial charge in [-0.15, -0.1) is 10.2 Å². The lowest BCUT2D eigenvalue weighted by atomic mass is 9.89. The Morgan fingerprint density at radius 1 is 1.13 bits per heavy atom. The minimum absolute atomic E-state index is 0.162. The summed E-state index contributed by atoms with van der Waals surface area (Å²) in [5, 5.41) is 12.2. The summed E-state index contributed by atoms with van der Waals surface area (Å²) in [6.07, 6.45) is 6.07. The SMILES string of the molecule is Cc1c(NC(=O)CSc2nnc(C3CCCCC3)n2C)c(=O)n(-c2ccccc2)n1C. The van der Waals surface area contributed by atoms with E-state index in [0.29, 0.717) is 17.3 Å². The molecule has 0 radical (unpaired) electrons. The zero-order valence-corrected chi connectivity index (χ0v) is 19.0. The van der Waals surface area contributed by atoms with Crippen LogP contribution in [0.4, 0.5) is 5.69 Å². The fraction of sp³-hybridized carbons (Fsp3) is 0.455. The number of thioether (sulfide) groups is 1. The highest BCUT2D eigenvalue weighted by Crippen LogP contribution is 2.32. The van der Waals surface area contributed by atoms with Crippen LogP contribution in [-0.2, 0) is 18.9 Å². The number of anilines is 1. The zero-order valence-electron chi connectivity index (χ0n) is 18.2. The van der Waals surface area contributed by atoms with Crippen molar-refractivity contribution in [3.63, 3.8) is 0 Å². The van der Waals surface area contributed by atoms with Gasteiger partial charge in [-0.25, -0.2) is 4.68 Å². The Kier molecular flexibility index (Phi) is 6.31. The first-order valence-corrected chi connectivity index (χ1v) is 11.6. The van der Waals surface area contributed by atoms with E-state index in [1.54, 1.807) is 16.4 Å². The van der Waals surface area contributed by atoms with Crippen molar-refractivity contribution < 1.29 is 4.79 Å². The lowest BCUT2D eigenvalue weighted by Gasteiger charge is -2.20. The van der Waals surface area contributed by atoms with E-state index in [-0.39, 0.29) is 17.2 Å². The number of para-hydroxylation sites is 1. The Morgan fingerprint density at radius 3 is 2.55 bits per heavy atom. The summed E-state index contributed by atoms with van der Waals surface area (Å²) in [6.45, 7) is 1.82. The maximum atomic E-state index is 12.9. The van der Waals surface area contributed by atoms with Gasteiger partial charge in [0.25, 0.3) is 5.56 Å². The number of carbonyl (C=O) groups is 1. The third kappa shape index (κ3) is 4.32. The van der Waals surface area contributed by atoms with Crippen LogP contribution in [0.2, 0.25) is 0 Å². The monoisotopic (exact) mass is 440 g/mol. The van der Waals surface area contributed by atoms with E-state index >= 15 is 0 Å². The van der Waals surface area contributed by atoms with Crippen molar-refractivity contribution in [1.29, 1.82) is 0 Å². The molecule has 0 aliphatic heterocycles. The van der Waals surface area contributed by atoms with Gasteiger partial charge in [-0.05, 0) is 31.9 Å². The molecule has 1 aromatic carbocycles. The van der Waals surface area contributed by atoms with Crippen LogP contribution < -0.4 is 10.9 Å². The molecule has 1 aliphatic rings. The van der Waals surface area contributed by atoms with Crippen LogP contribution in [-0.4, -0.2) is 35.8 Å². The van der Waals surface area contributed by atoms with Crippen molar-refractivity contribution in [3.8, 4) is 5.69 Å². The Morgan fingerprint density at radius 2 is 1.84 bits per heavy atom. The third-order valence-corrected chi connectivity index (χ3v) is 7.01. The standard InChI is InChI=1S/C22H28N6O2S/c1-15-19(21(30)28(27(15)3)17-12-8-5-9-13-17)23-18(29)14-31-22-25-24-20(26(22)2)16-10-6-4-7-11-16/h5,8-9,12-13,16H,4,6-7,10-11,14H2,1-3H3,(H,23,29). The minimum atomic E-state index is -0.247. The number of rotatable bonds is 6. The van der Waals surface area contributed by atoms with E-state index in [2.05, 4.69) is 15.5 Å². The first kappa shape index (κ1) is 21.4. The number of benzene rings is 1. The lowest BCUT2D eigenvalue weighted by molar-refractivity contribution is -0.113. The van der Waals surface area contributed by atoms with Gasteiger partial charge in [-0.1, -0.05) is 49.2 Å². The highest BCUT2D eigenvalue weighted by molar-refractivity contribution is 7.99. The van der Waals surface area contributed by atoms with Crippen LogP contribution >= 0.6 is 11.8 Å². The Hall–Kier alpha value is -2.81. The van der Waals surface area contributed by atoms with Gasteiger partial charge < -0.3 is 9.88 Å². The van der Waals surface area contributed by atoms with Crippen molar-refractivity contribution >= 4 is 23.4 Å². The van der Waals surface area contributed by atoms with Crippen LogP contribution in [0, 0.1) is 6.92 Å². The average molecular weight is 441 g/mol. The summed E-state index contributed by atoms with van der Waals surface area (Å²) in [4.78, 5) is 25.6. The zero-order chi connectivity index (χ0) is 22.0. The molecule has 31 heavy (non-hydrogen) atoms. The third-order valence-electron chi connectivity index (χ3n) is 5.99. The van der Waals surface area contributed by atoms with E-state index < -0.39 is 0 Å². The molecule has 1 N–H and O–H groups in total. The quantitative estimate of drug-likeness (QED) is 0.594. The molecule has 1 fully saturated rings. The number of amides is 1. The molecule has 0 bridgehead atoms. The van der Waals surface area contributed by atoms with Gasteiger partial charge >= 0.3 is 0 Å². The summed E-state index contributed by atoms with van der Waals surface area (Å²) in [5.74, 6) is 1.39. The molecule has 164 valence electrons. The number of hydrogen-bond acceptors (Lipinski definition) is 5. The molecule has 1 aliphatic carbocycles. The van der Waals surface area contributed by atoms with E-state index in [1.807, 2.05) is 48.9 Å². The highest BCUT2D eigenvalue weighted by atomic mass is 32.2. The predicted molar refractivity (Wildman–Crippen MR) is 122 cm³/mol. The molecule has 1 amide bonds. The summed E-state index contributed by atoms with van der Waals surface area (Å²) >= 11 is 1.34. The van der Waals surface area contributed by atoms with Gasteiger partial charge in [-0.3, -0.25) is 14.3 Å². The van der Waals surface area contributed by atoms with Gasteiger partial charge in [0.05, 0.1) is 17.1 Å². The fourth-order valence-electron chi connectivity index (χ4n) is 4.19. The maximum absolute atomic E-state index is 12.9. The van der Waals surface area contributed by atoms with Crippen molar-refractivity contribution in [3.05, 3.63) is 52.2 Å². The van der Waals surface area contributed by atoms with Crippen molar-refractivity contribution in [2.24, 2.45) is 14.1 Å². The number of carbonyl (C=O) groups excluding carboxylic acids is 1. The van der Waals surface area contributed by atoms with Gasteiger partial charge in [0.15, 0.2) is 5.16 Å². The largest absolute Gasteiger partial charge is 0.319 e. The first-order valence-electron chi connectivity index (χ1n) is 10.6. The van der Waals surface area contributed by atoms with Crippen LogP contribution in [0.5, 0.6) is 0 Å². The fourth-order valence-corrected chi connectivity index (χ4v) is 4.90. The van der Waals surface area contributed by atoms with Crippen LogP contribution in [0.15, 0.2) is 40.3 Å². The average Bonchev–Trinajstić information content (AvgIpc) is 3.25. The number of aromatic nitrogens is 5. The van der Waals surface area contributed by atoms with E-state index in [9.17, 15) is 9.59 Å². The smallest absolute Gasteiger partial charge is 0.295 e. The second-order valence-electron chi connectivity index (χ2n) is 8.01. The van der Waals surface area contributed by atoms with Crippen molar-refractivity contribution in [1.82, 2.24) is 24.1 Å². The summed E-state index contributed by atoms with van der Waals surface area (Å²) in [7, 11) is 3.77. The van der Waals surface area contributed by atoms with Gasteiger partial charge in [0, 0.05) is 20.0 Å². The summed E-state index contributed by atoms with van der Waals surface area (Å²) in [5.41, 5.74) is 1.51. The molecular formula is C22H28N6O2S.